The van der Waals surface area contributed by atoms with E-state index in [2.05, 4.69) is 10.6 Å². The topological polar surface area (TPSA) is 68.8 Å². The summed E-state index contributed by atoms with van der Waals surface area (Å²) in [6.45, 7) is 6.76. The molecule has 2 aromatic rings. The first kappa shape index (κ1) is 21.4. The molecular weight excluding hydrogens is 383 g/mol. The molecule has 0 spiro atoms. The quantitative estimate of drug-likeness (QED) is 0.642. The maximum atomic E-state index is 13.0. The molecule has 0 radical (unpaired) electrons. The Labute approximate surface area is 169 Å². The lowest BCUT2D eigenvalue weighted by molar-refractivity contribution is 0.0976. The fourth-order valence-electron chi connectivity index (χ4n) is 2.39. The molecule has 0 heterocycles. The minimum absolute atomic E-state index is 0.0846. The van der Waals surface area contributed by atoms with Crippen LogP contribution in [0.1, 0.15) is 31.1 Å². The maximum absolute atomic E-state index is 13.0. The molecule has 2 rings (SSSR count). The van der Waals surface area contributed by atoms with Gasteiger partial charge in [0.2, 0.25) is 5.75 Å². The predicted molar refractivity (Wildman–Crippen MR) is 110 cm³/mol. The molecular formula is C20H23FN2O4S. The molecule has 0 aliphatic heterocycles. The third kappa shape index (κ3) is 5.82. The number of rotatable bonds is 8. The zero-order valence-electron chi connectivity index (χ0n) is 16.0. The standard InChI is InChI=1S/C20H23FN2O4S/c1-4-25-16-11-13(12-17(26-5-2)18(16)27-6-3)19(24)23-20(28)22-15-9-7-14(21)8-10-15/h7-12H,4-6H2,1-3H3,(H2,22,23,24,28). The van der Waals surface area contributed by atoms with Gasteiger partial charge in [-0.3, -0.25) is 10.1 Å². The Morgan fingerprint density at radius 3 is 2.00 bits per heavy atom. The largest absolute Gasteiger partial charge is 0.490 e. The number of hydrogen-bond donors (Lipinski definition) is 2. The number of nitrogens with one attached hydrogen (secondary N) is 2. The molecule has 0 saturated carbocycles. The average Bonchev–Trinajstić information content (AvgIpc) is 2.66. The number of thiocarbonyl (C=S) groups is 1. The number of hydrogen-bond acceptors (Lipinski definition) is 5. The van der Waals surface area contributed by atoms with Gasteiger partial charge in [-0.1, -0.05) is 0 Å². The second kappa shape index (κ2) is 10.5. The molecule has 150 valence electrons. The number of halogens is 1. The highest BCUT2D eigenvalue weighted by Crippen LogP contribution is 2.39. The van der Waals surface area contributed by atoms with Gasteiger partial charge in [0.05, 0.1) is 19.8 Å². The van der Waals surface area contributed by atoms with Gasteiger partial charge in [0, 0.05) is 11.3 Å². The van der Waals surface area contributed by atoms with Crippen LogP contribution in [0.4, 0.5) is 10.1 Å². The summed E-state index contributed by atoms with van der Waals surface area (Å²) in [5.41, 5.74) is 0.863. The zero-order valence-corrected chi connectivity index (χ0v) is 16.8. The van der Waals surface area contributed by atoms with Gasteiger partial charge < -0.3 is 19.5 Å². The van der Waals surface area contributed by atoms with Crippen LogP contribution in [0.25, 0.3) is 0 Å². The molecule has 6 nitrogen and oxygen atoms in total. The number of anilines is 1. The average molecular weight is 406 g/mol. The summed E-state index contributed by atoms with van der Waals surface area (Å²) in [6, 6.07) is 8.78. The third-order valence-electron chi connectivity index (χ3n) is 3.50. The van der Waals surface area contributed by atoms with Gasteiger partial charge in [-0.15, -0.1) is 0 Å². The molecule has 0 fully saturated rings. The Morgan fingerprint density at radius 2 is 1.50 bits per heavy atom. The Morgan fingerprint density at radius 1 is 0.964 bits per heavy atom. The minimum atomic E-state index is -0.440. The zero-order chi connectivity index (χ0) is 20.5. The van der Waals surface area contributed by atoms with E-state index in [0.717, 1.165) is 0 Å². The second-order valence-electron chi connectivity index (χ2n) is 5.52. The lowest BCUT2D eigenvalue weighted by Crippen LogP contribution is -2.34. The summed E-state index contributed by atoms with van der Waals surface area (Å²) in [5.74, 6) is 0.483. The summed E-state index contributed by atoms with van der Waals surface area (Å²) >= 11 is 5.16. The molecule has 0 aliphatic carbocycles. The van der Waals surface area contributed by atoms with Crippen LogP contribution in [-0.2, 0) is 0 Å². The summed E-state index contributed by atoms with van der Waals surface area (Å²) in [6.07, 6.45) is 0. The first-order valence-electron chi connectivity index (χ1n) is 8.92. The van der Waals surface area contributed by atoms with Crippen molar-refractivity contribution in [1.82, 2.24) is 5.32 Å². The van der Waals surface area contributed by atoms with Gasteiger partial charge in [-0.05, 0) is 69.4 Å². The van der Waals surface area contributed by atoms with Crippen molar-refractivity contribution in [2.45, 2.75) is 20.8 Å². The Bertz CT molecular complexity index is 800. The first-order valence-corrected chi connectivity index (χ1v) is 9.33. The van der Waals surface area contributed by atoms with Crippen molar-refractivity contribution in [3.8, 4) is 17.2 Å². The third-order valence-corrected chi connectivity index (χ3v) is 3.70. The SMILES string of the molecule is CCOc1cc(C(=O)NC(=S)Nc2ccc(F)cc2)cc(OCC)c1OCC. The van der Waals surface area contributed by atoms with Gasteiger partial charge in [-0.25, -0.2) is 4.39 Å². The molecule has 0 aromatic heterocycles. The summed E-state index contributed by atoms with van der Waals surface area (Å²) in [5, 5.41) is 5.50. The van der Waals surface area contributed by atoms with Gasteiger partial charge in [-0.2, -0.15) is 0 Å². The maximum Gasteiger partial charge on any atom is 0.257 e. The summed E-state index contributed by atoms with van der Waals surface area (Å²) < 4.78 is 29.8. The highest BCUT2D eigenvalue weighted by molar-refractivity contribution is 7.80. The lowest BCUT2D eigenvalue weighted by Gasteiger charge is -2.17. The van der Waals surface area contributed by atoms with E-state index in [-0.39, 0.29) is 10.9 Å². The lowest BCUT2D eigenvalue weighted by atomic mass is 10.1. The van der Waals surface area contributed by atoms with E-state index in [1.165, 1.54) is 24.3 Å². The van der Waals surface area contributed by atoms with Gasteiger partial charge in [0.25, 0.3) is 5.91 Å². The van der Waals surface area contributed by atoms with Crippen LogP contribution in [-0.4, -0.2) is 30.8 Å². The fraction of sp³-hybridized carbons (Fsp3) is 0.300. The molecule has 0 saturated heterocycles. The molecule has 0 bridgehead atoms. The van der Waals surface area contributed by atoms with Gasteiger partial charge in [0.1, 0.15) is 5.82 Å². The molecule has 2 N–H and O–H groups in total. The fourth-order valence-corrected chi connectivity index (χ4v) is 2.60. The number of carbonyl (C=O) groups is 1. The number of ether oxygens (including phenoxy) is 3. The Hall–Kier alpha value is -2.87. The summed E-state index contributed by atoms with van der Waals surface area (Å²) in [4.78, 5) is 12.6. The van der Waals surface area contributed by atoms with Gasteiger partial charge in [0.15, 0.2) is 16.6 Å². The molecule has 28 heavy (non-hydrogen) atoms. The van der Waals surface area contributed by atoms with E-state index in [9.17, 15) is 9.18 Å². The Kier molecular flexibility index (Phi) is 8.01. The number of benzene rings is 2. The van der Waals surface area contributed by atoms with Crippen molar-refractivity contribution in [3.63, 3.8) is 0 Å². The predicted octanol–water partition coefficient (Wildman–Crippen LogP) is 4.15. The van der Waals surface area contributed by atoms with Crippen molar-refractivity contribution in [2.75, 3.05) is 25.1 Å². The van der Waals surface area contributed by atoms with Crippen LogP contribution in [0.15, 0.2) is 36.4 Å². The normalized spacial score (nSPS) is 10.1. The van der Waals surface area contributed by atoms with Crippen LogP contribution < -0.4 is 24.8 Å². The van der Waals surface area contributed by atoms with E-state index in [4.69, 9.17) is 26.4 Å². The molecule has 2 aromatic carbocycles. The molecule has 1 amide bonds. The van der Waals surface area contributed by atoms with Crippen LogP contribution in [0, 0.1) is 5.82 Å². The minimum Gasteiger partial charge on any atom is -0.490 e. The van der Waals surface area contributed by atoms with Crippen LogP contribution in [0.3, 0.4) is 0 Å². The van der Waals surface area contributed by atoms with E-state index < -0.39 is 5.91 Å². The number of carbonyl (C=O) groups excluding carboxylic acids is 1. The first-order chi connectivity index (χ1) is 13.5. The highest BCUT2D eigenvalue weighted by Gasteiger charge is 2.19. The highest BCUT2D eigenvalue weighted by atomic mass is 32.1. The van der Waals surface area contributed by atoms with Crippen LogP contribution in [0.5, 0.6) is 17.2 Å². The second-order valence-corrected chi connectivity index (χ2v) is 5.92. The summed E-state index contributed by atoms with van der Waals surface area (Å²) in [7, 11) is 0. The van der Waals surface area contributed by atoms with Crippen molar-refractivity contribution in [2.24, 2.45) is 0 Å². The van der Waals surface area contributed by atoms with Gasteiger partial charge >= 0.3 is 0 Å². The van der Waals surface area contributed by atoms with E-state index >= 15 is 0 Å². The molecule has 0 aliphatic rings. The van der Waals surface area contributed by atoms with Crippen LogP contribution in [0.2, 0.25) is 0 Å². The van der Waals surface area contributed by atoms with Crippen molar-refractivity contribution in [3.05, 3.63) is 47.8 Å². The molecule has 0 atom stereocenters. The van der Waals surface area contributed by atoms with Crippen molar-refractivity contribution < 1.29 is 23.4 Å². The van der Waals surface area contributed by atoms with Crippen LogP contribution >= 0.6 is 12.2 Å². The van der Waals surface area contributed by atoms with Crippen molar-refractivity contribution >= 4 is 28.9 Å². The van der Waals surface area contributed by atoms with E-state index in [1.807, 2.05) is 20.8 Å². The van der Waals surface area contributed by atoms with Crippen molar-refractivity contribution in [1.29, 1.82) is 0 Å². The number of amides is 1. The van der Waals surface area contributed by atoms with E-state index in [1.54, 1.807) is 12.1 Å². The monoisotopic (exact) mass is 406 g/mol. The smallest absolute Gasteiger partial charge is 0.257 e. The Balaban J connectivity index is 2.20. The molecule has 0 unspecified atom stereocenters. The van der Waals surface area contributed by atoms with E-state index in [0.29, 0.717) is 48.3 Å². The molecule has 8 heteroatoms.